The third-order valence-corrected chi connectivity index (χ3v) is 4.15. The second-order valence-electron chi connectivity index (χ2n) is 6.33. The maximum absolute atomic E-state index is 11.9. The Morgan fingerprint density at radius 2 is 2.16 bits per heavy atom. The van der Waals surface area contributed by atoms with Gasteiger partial charge in [-0.25, -0.2) is 0 Å². The molecule has 0 aromatic carbocycles. The van der Waals surface area contributed by atoms with Gasteiger partial charge in [0, 0.05) is 38.1 Å². The van der Waals surface area contributed by atoms with Gasteiger partial charge in [0.1, 0.15) is 0 Å². The first kappa shape index (κ1) is 14.8. The normalized spacial score (nSPS) is 30.7. The summed E-state index contributed by atoms with van der Waals surface area (Å²) in [6, 6.07) is 0.538. The molecule has 5 nitrogen and oxygen atoms in total. The molecule has 0 unspecified atom stereocenters. The van der Waals surface area contributed by atoms with Crippen LogP contribution in [0, 0.1) is 5.92 Å². The zero-order chi connectivity index (χ0) is 13.9. The van der Waals surface area contributed by atoms with Crippen LogP contribution >= 0.6 is 0 Å². The lowest BCUT2D eigenvalue weighted by Crippen LogP contribution is -2.51. The highest BCUT2D eigenvalue weighted by molar-refractivity contribution is 5.79. The number of ether oxygens (including phenoxy) is 1. The smallest absolute Gasteiger partial charge is 0.223 e. The number of nitrogens with zero attached hydrogens (tertiary/aromatic N) is 1. The van der Waals surface area contributed by atoms with Crippen LogP contribution < -0.4 is 10.6 Å². The van der Waals surface area contributed by atoms with Crippen molar-refractivity contribution in [3.63, 3.8) is 0 Å². The first-order valence-electron chi connectivity index (χ1n) is 7.31. The quantitative estimate of drug-likeness (QED) is 0.749. The Balaban J connectivity index is 1.60. The molecule has 1 saturated carbocycles. The zero-order valence-corrected chi connectivity index (χ0v) is 12.4. The van der Waals surface area contributed by atoms with Crippen LogP contribution in [0.3, 0.4) is 0 Å². The molecule has 1 aliphatic heterocycles. The van der Waals surface area contributed by atoms with Crippen molar-refractivity contribution in [1.29, 1.82) is 0 Å². The van der Waals surface area contributed by atoms with Crippen molar-refractivity contribution >= 4 is 5.91 Å². The average molecular weight is 269 g/mol. The summed E-state index contributed by atoms with van der Waals surface area (Å²) in [5.74, 6) is 0.442. The van der Waals surface area contributed by atoms with E-state index in [1.165, 1.54) is 0 Å². The molecule has 2 fully saturated rings. The number of morpholine rings is 1. The van der Waals surface area contributed by atoms with Crippen LogP contribution in [0.1, 0.15) is 26.7 Å². The molecule has 0 atom stereocenters. The molecule has 19 heavy (non-hydrogen) atoms. The Morgan fingerprint density at radius 3 is 2.79 bits per heavy atom. The Labute approximate surface area is 116 Å². The van der Waals surface area contributed by atoms with Crippen LogP contribution in [0.15, 0.2) is 0 Å². The molecule has 0 radical (unpaired) electrons. The molecule has 5 heteroatoms. The molecule has 0 aromatic rings. The summed E-state index contributed by atoms with van der Waals surface area (Å²) in [4.78, 5) is 14.2. The molecular weight excluding hydrogens is 242 g/mol. The van der Waals surface area contributed by atoms with E-state index in [1.54, 1.807) is 0 Å². The molecule has 110 valence electrons. The van der Waals surface area contributed by atoms with Crippen LogP contribution in [0.25, 0.3) is 0 Å². The summed E-state index contributed by atoms with van der Waals surface area (Å²) in [5.41, 5.74) is -0.0593. The highest BCUT2D eigenvalue weighted by Crippen LogP contribution is 2.26. The van der Waals surface area contributed by atoms with E-state index in [2.05, 4.69) is 29.4 Å². The SMILES string of the molecule is CNC1CC(C(=O)NCCN2CCOC(C)(C)C2)C1. The second-order valence-corrected chi connectivity index (χ2v) is 6.33. The van der Waals surface area contributed by atoms with Gasteiger partial charge in [0.2, 0.25) is 5.91 Å². The van der Waals surface area contributed by atoms with E-state index in [-0.39, 0.29) is 17.4 Å². The van der Waals surface area contributed by atoms with Gasteiger partial charge in [0.15, 0.2) is 0 Å². The third kappa shape index (κ3) is 4.16. The molecule has 1 amide bonds. The molecule has 1 heterocycles. The van der Waals surface area contributed by atoms with E-state index in [0.29, 0.717) is 6.04 Å². The number of amides is 1. The first-order valence-corrected chi connectivity index (χ1v) is 7.31. The van der Waals surface area contributed by atoms with Gasteiger partial charge in [-0.1, -0.05) is 0 Å². The van der Waals surface area contributed by atoms with Crippen molar-refractivity contribution in [2.45, 2.75) is 38.3 Å². The minimum absolute atomic E-state index is 0.0593. The first-order chi connectivity index (χ1) is 9.00. The molecule has 1 saturated heterocycles. The maximum Gasteiger partial charge on any atom is 0.223 e. The average Bonchev–Trinajstić information content (AvgIpc) is 2.26. The topological polar surface area (TPSA) is 53.6 Å². The van der Waals surface area contributed by atoms with Crippen molar-refractivity contribution in [2.24, 2.45) is 5.92 Å². The summed E-state index contributed by atoms with van der Waals surface area (Å²) < 4.78 is 5.68. The van der Waals surface area contributed by atoms with E-state index in [0.717, 1.165) is 45.6 Å². The molecule has 1 aliphatic carbocycles. The predicted octanol–water partition coefficient (Wildman–Crippen LogP) is 0.211. The highest BCUT2D eigenvalue weighted by atomic mass is 16.5. The molecule has 0 spiro atoms. The van der Waals surface area contributed by atoms with Crippen molar-refractivity contribution in [3.05, 3.63) is 0 Å². The van der Waals surface area contributed by atoms with E-state index in [9.17, 15) is 4.79 Å². The van der Waals surface area contributed by atoms with Crippen molar-refractivity contribution < 1.29 is 9.53 Å². The fourth-order valence-electron chi connectivity index (χ4n) is 2.85. The van der Waals surface area contributed by atoms with Gasteiger partial charge in [-0.2, -0.15) is 0 Å². The van der Waals surface area contributed by atoms with Crippen LogP contribution in [0.5, 0.6) is 0 Å². The molecule has 2 aliphatic rings. The lowest BCUT2D eigenvalue weighted by atomic mass is 9.80. The summed E-state index contributed by atoms with van der Waals surface area (Å²) >= 11 is 0. The van der Waals surface area contributed by atoms with Crippen LogP contribution in [0.4, 0.5) is 0 Å². The predicted molar refractivity (Wildman–Crippen MR) is 75.1 cm³/mol. The van der Waals surface area contributed by atoms with Gasteiger partial charge in [0.25, 0.3) is 0 Å². The Bertz CT molecular complexity index is 314. The van der Waals surface area contributed by atoms with Gasteiger partial charge in [-0.3, -0.25) is 9.69 Å². The summed E-state index contributed by atoms with van der Waals surface area (Å²) in [6.07, 6.45) is 1.96. The number of carbonyl (C=O) groups excluding carboxylic acids is 1. The molecule has 0 aromatic heterocycles. The van der Waals surface area contributed by atoms with Crippen LogP contribution in [-0.4, -0.2) is 62.3 Å². The van der Waals surface area contributed by atoms with E-state index in [4.69, 9.17) is 4.74 Å². The third-order valence-electron chi connectivity index (χ3n) is 4.15. The van der Waals surface area contributed by atoms with Gasteiger partial charge in [-0.05, 0) is 33.7 Å². The van der Waals surface area contributed by atoms with E-state index < -0.39 is 0 Å². The number of hydrogen-bond donors (Lipinski definition) is 2. The van der Waals surface area contributed by atoms with E-state index in [1.807, 2.05) is 7.05 Å². The highest BCUT2D eigenvalue weighted by Gasteiger charge is 2.33. The van der Waals surface area contributed by atoms with Crippen molar-refractivity contribution in [3.8, 4) is 0 Å². The summed E-state index contributed by atoms with van der Waals surface area (Å²) in [6.45, 7) is 8.58. The monoisotopic (exact) mass is 269 g/mol. The molecule has 2 N–H and O–H groups in total. The van der Waals surface area contributed by atoms with Gasteiger partial charge < -0.3 is 15.4 Å². The largest absolute Gasteiger partial charge is 0.373 e. The minimum Gasteiger partial charge on any atom is -0.373 e. The second kappa shape index (κ2) is 6.20. The van der Waals surface area contributed by atoms with Gasteiger partial charge in [0.05, 0.1) is 12.2 Å². The van der Waals surface area contributed by atoms with Crippen molar-refractivity contribution in [1.82, 2.24) is 15.5 Å². The Hall–Kier alpha value is -0.650. The summed E-state index contributed by atoms with van der Waals surface area (Å²) in [5, 5.41) is 6.26. The molecular formula is C14H27N3O2. The van der Waals surface area contributed by atoms with Gasteiger partial charge >= 0.3 is 0 Å². The number of nitrogens with one attached hydrogen (secondary N) is 2. The summed E-state index contributed by atoms with van der Waals surface area (Å²) in [7, 11) is 1.96. The fourth-order valence-corrected chi connectivity index (χ4v) is 2.85. The standard InChI is InChI=1S/C14H27N3O2/c1-14(2)10-17(6-7-19-14)5-4-16-13(18)11-8-12(9-11)15-3/h11-12,15H,4-10H2,1-3H3,(H,16,18). The number of hydrogen-bond acceptors (Lipinski definition) is 4. The minimum atomic E-state index is -0.0593. The number of carbonyl (C=O) groups is 1. The fraction of sp³-hybridized carbons (Fsp3) is 0.929. The van der Waals surface area contributed by atoms with Crippen LogP contribution in [0.2, 0.25) is 0 Å². The van der Waals surface area contributed by atoms with Crippen molar-refractivity contribution in [2.75, 3.05) is 39.8 Å². The Morgan fingerprint density at radius 1 is 1.42 bits per heavy atom. The van der Waals surface area contributed by atoms with E-state index >= 15 is 0 Å². The maximum atomic E-state index is 11.9. The number of rotatable bonds is 5. The van der Waals surface area contributed by atoms with Crippen LogP contribution in [-0.2, 0) is 9.53 Å². The Kier molecular flexibility index (Phi) is 4.81. The lowest BCUT2D eigenvalue weighted by Gasteiger charge is -2.38. The molecule has 0 bridgehead atoms. The van der Waals surface area contributed by atoms with Gasteiger partial charge in [-0.15, -0.1) is 0 Å². The zero-order valence-electron chi connectivity index (χ0n) is 12.4. The lowest BCUT2D eigenvalue weighted by molar-refractivity contribution is -0.128. The molecule has 2 rings (SSSR count).